The van der Waals surface area contributed by atoms with Gasteiger partial charge in [-0.15, -0.1) is 0 Å². The average molecular weight is 475 g/mol. The van der Waals surface area contributed by atoms with Crippen LogP contribution in [-0.2, 0) is 9.59 Å². The van der Waals surface area contributed by atoms with Crippen LogP contribution in [0.3, 0.4) is 0 Å². The number of nitrogens with zero attached hydrogens (tertiary/aromatic N) is 4. The molecule has 8 heteroatoms. The second-order valence-electron chi connectivity index (χ2n) is 8.91. The first kappa shape index (κ1) is 24.4. The number of aromatic nitrogens is 3. The van der Waals surface area contributed by atoms with Crippen molar-refractivity contribution in [2.45, 2.75) is 64.8 Å². The summed E-state index contributed by atoms with van der Waals surface area (Å²) in [7, 11) is 0. The van der Waals surface area contributed by atoms with Crippen molar-refractivity contribution in [3.63, 3.8) is 0 Å². The maximum Gasteiger partial charge on any atom is 0.329 e. The van der Waals surface area contributed by atoms with Crippen LogP contribution in [0.2, 0.25) is 0 Å². The van der Waals surface area contributed by atoms with Gasteiger partial charge in [0.25, 0.3) is 0 Å². The number of carbonyl (C=O) groups is 2. The zero-order valence-corrected chi connectivity index (χ0v) is 20.3. The molecule has 3 heterocycles. The first-order valence-corrected chi connectivity index (χ1v) is 12.1. The van der Waals surface area contributed by atoms with E-state index in [1.807, 2.05) is 32.9 Å². The van der Waals surface area contributed by atoms with Crippen molar-refractivity contribution in [1.29, 1.82) is 0 Å². The summed E-state index contributed by atoms with van der Waals surface area (Å²) in [5.41, 5.74) is 2.16. The minimum Gasteiger partial charge on any atom is -0.480 e. The van der Waals surface area contributed by atoms with E-state index in [1.165, 1.54) is 0 Å². The summed E-state index contributed by atoms with van der Waals surface area (Å²) in [5.74, 6) is -0.589. The number of carbonyl (C=O) groups excluding carboxylic acids is 1. The molecule has 0 aromatic carbocycles. The number of ketones is 1. The highest BCUT2D eigenvalue weighted by molar-refractivity contribution is 6.11. The Morgan fingerprint density at radius 3 is 2.74 bits per heavy atom. The molecule has 1 aliphatic carbocycles. The zero-order valence-electron chi connectivity index (χ0n) is 20.3. The quantitative estimate of drug-likeness (QED) is 0.448. The van der Waals surface area contributed by atoms with Gasteiger partial charge in [-0.1, -0.05) is 20.3 Å². The zero-order chi connectivity index (χ0) is 24.9. The molecule has 8 nitrogen and oxygen atoms in total. The lowest BCUT2D eigenvalue weighted by Gasteiger charge is -2.21. The third kappa shape index (κ3) is 5.37. The number of carboxylic acid groups (broad SMARTS) is 1. The van der Waals surface area contributed by atoms with Crippen LogP contribution in [-0.4, -0.2) is 43.6 Å². The molecule has 0 radical (unpaired) electrons. The van der Waals surface area contributed by atoms with E-state index in [4.69, 9.17) is 4.74 Å². The van der Waals surface area contributed by atoms with E-state index in [0.717, 1.165) is 22.9 Å². The molecule has 0 bridgehead atoms. The maximum absolute atomic E-state index is 12.3. The van der Waals surface area contributed by atoms with Crippen LogP contribution >= 0.6 is 0 Å². The number of pyridine rings is 3. The minimum atomic E-state index is -1.01. The Labute approximate surface area is 204 Å². The standard InChI is InChI=1S/C27H30N4O4/c1-4-6-20-23(9-10-24(20)32)31-25(27(33)34)19(5-2)22-8-7-18(14-29-22)35-26-21-15-28-12-11-17(21)13-16(3)30-26/h7-8,11-15,19-20,25H,4-6,9-10H2,1-3H3,(H,33,34). The van der Waals surface area contributed by atoms with Crippen molar-refractivity contribution in [2.24, 2.45) is 10.9 Å². The Hall–Kier alpha value is -3.68. The summed E-state index contributed by atoms with van der Waals surface area (Å²) < 4.78 is 6.01. The summed E-state index contributed by atoms with van der Waals surface area (Å²) in [5, 5.41) is 11.8. The van der Waals surface area contributed by atoms with Gasteiger partial charge in [0.1, 0.15) is 11.5 Å². The molecular weight excluding hydrogens is 444 g/mol. The van der Waals surface area contributed by atoms with Crippen molar-refractivity contribution in [3.8, 4) is 11.6 Å². The normalized spacial score (nSPS) is 18.7. The molecule has 1 saturated carbocycles. The number of hydrogen-bond acceptors (Lipinski definition) is 7. The van der Waals surface area contributed by atoms with Gasteiger partial charge in [-0.2, -0.15) is 0 Å². The molecule has 3 atom stereocenters. The molecule has 182 valence electrons. The molecule has 3 aromatic heterocycles. The van der Waals surface area contributed by atoms with Gasteiger partial charge >= 0.3 is 5.97 Å². The molecule has 0 aliphatic heterocycles. The van der Waals surface area contributed by atoms with Crippen LogP contribution in [0.5, 0.6) is 11.6 Å². The summed E-state index contributed by atoms with van der Waals surface area (Å²) in [4.78, 5) is 42.3. The molecule has 0 saturated heterocycles. The van der Waals surface area contributed by atoms with Gasteiger partial charge in [-0.3, -0.25) is 19.8 Å². The highest BCUT2D eigenvalue weighted by Crippen LogP contribution is 2.32. The van der Waals surface area contributed by atoms with Crippen molar-refractivity contribution < 1.29 is 19.4 Å². The molecular formula is C27H30N4O4. The number of hydrogen-bond donors (Lipinski definition) is 1. The Morgan fingerprint density at radius 2 is 2.06 bits per heavy atom. The number of aryl methyl sites for hydroxylation is 1. The minimum absolute atomic E-state index is 0.162. The summed E-state index contributed by atoms with van der Waals surface area (Å²) >= 11 is 0. The van der Waals surface area contributed by atoms with Gasteiger partial charge in [-0.25, -0.2) is 9.78 Å². The lowest BCUT2D eigenvalue weighted by molar-refractivity contribution is -0.139. The van der Waals surface area contributed by atoms with E-state index in [0.29, 0.717) is 48.7 Å². The third-order valence-corrected chi connectivity index (χ3v) is 6.46. The Balaban J connectivity index is 1.59. The maximum atomic E-state index is 12.3. The van der Waals surface area contributed by atoms with E-state index in [-0.39, 0.29) is 11.7 Å². The first-order valence-electron chi connectivity index (χ1n) is 12.1. The highest BCUT2D eigenvalue weighted by atomic mass is 16.5. The number of fused-ring (bicyclic) bond motifs is 1. The number of rotatable bonds is 9. The number of carboxylic acids is 1. The smallest absolute Gasteiger partial charge is 0.329 e. The van der Waals surface area contributed by atoms with E-state index in [1.54, 1.807) is 30.7 Å². The number of Topliss-reactive ketones (excluding diaryl/α,β-unsaturated/α-hetero) is 1. The molecule has 1 aliphatic rings. The molecule has 0 spiro atoms. The Kier molecular flexibility index (Phi) is 7.48. The van der Waals surface area contributed by atoms with Crippen molar-refractivity contribution in [3.05, 3.63) is 54.2 Å². The van der Waals surface area contributed by atoms with Crippen LogP contribution in [0.25, 0.3) is 10.8 Å². The molecule has 3 unspecified atom stereocenters. The summed E-state index contributed by atoms with van der Waals surface area (Å²) in [6.45, 7) is 5.84. The van der Waals surface area contributed by atoms with E-state index in [2.05, 4.69) is 19.9 Å². The predicted octanol–water partition coefficient (Wildman–Crippen LogP) is 5.29. The van der Waals surface area contributed by atoms with Gasteiger partial charge in [-0.05, 0) is 55.8 Å². The lowest BCUT2D eigenvalue weighted by Crippen LogP contribution is -2.29. The molecule has 0 amide bonds. The van der Waals surface area contributed by atoms with E-state index < -0.39 is 17.9 Å². The van der Waals surface area contributed by atoms with Crippen LogP contribution < -0.4 is 4.74 Å². The van der Waals surface area contributed by atoms with E-state index >= 15 is 0 Å². The second kappa shape index (κ2) is 10.7. The highest BCUT2D eigenvalue weighted by Gasteiger charge is 2.34. The van der Waals surface area contributed by atoms with Crippen molar-refractivity contribution >= 4 is 28.2 Å². The number of aliphatic carboxylic acids is 1. The van der Waals surface area contributed by atoms with Crippen molar-refractivity contribution in [2.75, 3.05) is 0 Å². The first-order chi connectivity index (χ1) is 16.9. The molecule has 4 rings (SSSR count). The average Bonchev–Trinajstić information content (AvgIpc) is 3.19. The fourth-order valence-electron chi connectivity index (χ4n) is 4.69. The van der Waals surface area contributed by atoms with Crippen LogP contribution in [0.4, 0.5) is 0 Å². The summed E-state index contributed by atoms with van der Waals surface area (Å²) in [6.07, 6.45) is 8.10. The second-order valence-corrected chi connectivity index (χ2v) is 8.91. The van der Waals surface area contributed by atoms with Gasteiger partial charge < -0.3 is 9.84 Å². The third-order valence-electron chi connectivity index (χ3n) is 6.46. The van der Waals surface area contributed by atoms with Gasteiger partial charge in [0, 0.05) is 41.8 Å². The van der Waals surface area contributed by atoms with Gasteiger partial charge in [0.05, 0.1) is 17.5 Å². The van der Waals surface area contributed by atoms with Crippen LogP contribution in [0.15, 0.2) is 47.8 Å². The largest absolute Gasteiger partial charge is 0.480 e. The molecule has 1 fully saturated rings. The van der Waals surface area contributed by atoms with E-state index in [9.17, 15) is 14.7 Å². The van der Waals surface area contributed by atoms with Gasteiger partial charge in [0.2, 0.25) is 5.88 Å². The Bertz CT molecular complexity index is 1260. The Morgan fingerprint density at radius 1 is 1.23 bits per heavy atom. The fraction of sp³-hybridized carbons (Fsp3) is 0.407. The van der Waals surface area contributed by atoms with Gasteiger partial charge in [0.15, 0.2) is 6.04 Å². The van der Waals surface area contributed by atoms with Crippen LogP contribution in [0.1, 0.15) is 63.3 Å². The molecule has 35 heavy (non-hydrogen) atoms. The SMILES string of the molecule is CCCC1C(=O)CCC1=NC(C(=O)O)C(CC)c1ccc(Oc2nc(C)cc3ccncc23)cn1. The monoisotopic (exact) mass is 474 g/mol. The summed E-state index contributed by atoms with van der Waals surface area (Å²) in [6, 6.07) is 6.42. The van der Waals surface area contributed by atoms with Crippen LogP contribution in [0, 0.1) is 12.8 Å². The lowest BCUT2D eigenvalue weighted by atomic mass is 9.92. The fourth-order valence-corrected chi connectivity index (χ4v) is 4.69. The topological polar surface area (TPSA) is 115 Å². The molecule has 1 N–H and O–H groups in total. The number of ether oxygens (including phenoxy) is 1. The predicted molar refractivity (Wildman–Crippen MR) is 133 cm³/mol. The number of aliphatic imine (C=N–C) groups is 1. The van der Waals surface area contributed by atoms with Crippen molar-refractivity contribution in [1.82, 2.24) is 15.0 Å². The molecule has 3 aromatic rings.